The van der Waals surface area contributed by atoms with Crippen molar-refractivity contribution in [2.24, 2.45) is 15.1 Å². The minimum atomic E-state index is -2.64. The van der Waals surface area contributed by atoms with Gasteiger partial charge >= 0.3 is 0 Å². The molecule has 0 spiro atoms. The van der Waals surface area contributed by atoms with Crippen molar-refractivity contribution in [2.75, 3.05) is 12.8 Å². The Balaban J connectivity index is 2.73. The van der Waals surface area contributed by atoms with Gasteiger partial charge in [-0.25, -0.2) is 13.0 Å². The first-order valence-corrected chi connectivity index (χ1v) is 9.26. The molecular formula is C14H19FIN3OS. The van der Waals surface area contributed by atoms with Crippen LogP contribution in [-0.2, 0) is 15.3 Å². The summed E-state index contributed by atoms with van der Waals surface area (Å²) in [6.45, 7) is 5.30. The van der Waals surface area contributed by atoms with Crippen molar-refractivity contribution in [1.82, 2.24) is 0 Å². The molecule has 1 unspecified atom stereocenters. The third kappa shape index (κ3) is 2.58. The number of nitrogens with zero attached hydrogens (tertiary/aromatic N) is 2. The summed E-state index contributed by atoms with van der Waals surface area (Å²) in [5.41, 5.74) is 5.49. The Bertz CT molecular complexity index is 738. The van der Waals surface area contributed by atoms with E-state index in [2.05, 4.69) is 31.9 Å². The second kappa shape index (κ2) is 5.19. The molecule has 2 N–H and O–H groups in total. The molecule has 0 radical (unpaired) electrons. The van der Waals surface area contributed by atoms with Crippen LogP contribution in [0.5, 0.6) is 0 Å². The number of benzene rings is 1. The van der Waals surface area contributed by atoms with E-state index in [1.54, 1.807) is 32.9 Å². The highest BCUT2D eigenvalue weighted by Crippen LogP contribution is 2.39. The van der Waals surface area contributed by atoms with Crippen LogP contribution in [0.1, 0.15) is 26.3 Å². The molecule has 1 aromatic carbocycles. The van der Waals surface area contributed by atoms with E-state index in [1.165, 1.54) is 13.1 Å². The first-order valence-electron chi connectivity index (χ1n) is 6.49. The molecule has 0 aromatic heterocycles. The van der Waals surface area contributed by atoms with E-state index >= 15 is 0 Å². The third-order valence-corrected chi connectivity index (χ3v) is 8.08. The molecule has 1 aromatic rings. The fourth-order valence-corrected chi connectivity index (χ4v) is 5.29. The fraction of sp³-hybridized carbons (Fsp3) is 0.500. The summed E-state index contributed by atoms with van der Waals surface area (Å²) in [6.07, 6.45) is 0. The van der Waals surface area contributed by atoms with E-state index in [9.17, 15) is 8.60 Å². The SMILES string of the molecule is CN=S1(=O)C[C@@](C)(c2cc(I)ccc2F)N=C(N)C1(C)C. The minimum absolute atomic E-state index is 0.154. The van der Waals surface area contributed by atoms with E-state index in [4.69, 9.17) is 5.73 Å². The average Bonchev–Trinajstić information content (AvgIpc) is 2.39. The molecule has 4 nitrogen and oxygen atoms in total. The molecule has 0 saturated carbocycles. The molecule has 0 saturated heterocycles. The highest BCUT2D eigenvalue weighted by molar-refractivity contribution is 14.1. The number of rotatable bonds is 1. The van der Waals surface area contributed by atoms with Gasteiger partial charge in [-0.15, -0.1) is 0 Å². The van der Waals surface area contributed by atoms with Gasteiger partial charge in [0.05, 0.1) is 15.5 Å². The summed E-state index contributed by atoms with van der Waals surface area (Å²) in [7, 11) is -1.12. The fourth-order valence-electron chi connectivity index (χ4n) is 2.50. The third-order valence-electron chi connectivity index (χ3n) is 4.06. The largest absolute Gasteiger partial charge is 0.386 e. The number of nitrogens with two attached hydrogens (primary N) is 1. The van der Waals surface area contributed by atoms with E-state index in [0.29, 0.717) is 5.56 Å². The van der Waals surface area contributed by atoms with Gasteiger partial charge in [0.2, 0.25) is 0 Å². The van der Waals surface area contributed by atoms with Gasteiger partial charge < -0.3 is 5.73 Å². The quantitative estimate of drug-likeness (QED) is 0.706. The maximum absolute atomic E-state index is 14.2. The Morgan fingerprint density at radius 1 is 1.43 bits per heavy atom. The molecule has 0 bridgehead atoms. The summed E-state index contributed by atoms with van der Waals surface area (Å²) < 4.78 is 31.6. The summed E-state index contributed by atoms with van der Waals surface area (Å²) >= 11 is 2.11. The van der Waals surface area contributed by atoms with Crippen LogP contribution in [-0.4, -0.2) is 27.6 Å². The first kappa shape index (κ1) is 16.7. The molecule has 0 amide bonds. The summed E-state index contributed by atoms with van der Waals surface area (Å²) in [6, 6.07) is 4.81. The molecule has 1 heterocycles. The molecule has 2 rings (SSSR count). The number of hydrogen-bond acceptors (Lipinski definition) is 4. The van der Waals surface area contributed by atoms with Crippen molar-refractivity contribution in [2.45, 2.75) is 31.1 Å². The predicted molar refractivity (Wildman–Crippen MR) is 93.5 cm³/mol. The van der Waals surface area contributed by atoms with E-state index in [0.717, 1.165) is 3.57 Å². The van der Waals surface area contributed by atoms with Gasteiger partial charge in [-0.1, -0.05) is 0 Å². The maximum Gasteiger partial charge on any atom is 0.128 e. The van der Waals surface area contributed by atoms with Crippen LogP contribution in [0, 0.1) is 9.39 Å². The normalized spacial score (nSPS) is 31.6. The molecule has 1 aliphatic heterocycles. The lowest BCUT2D eigenvalue weighted by Gasteiger charge is -2.40. The van der Waals surface area contributed by atoms with E-state index in [1.807, 2.05) is 0 Å². The zero-order valence-corrected chi connectivity index (χ0v) is 15.5. The van der Waals surface area contributed by atoms with Gasteiger partial charge in [0, 0.05) is 16.2 Å². The zero-order chi connectivity index (χ0) is 16.1. The average molecular weight is 423 g/mol. The highest BCUT2D eigenvalue weighted by Gasteiger charge is 2.47. The Kier molecular flexibility index (Phi) is 4.12. The topological polar surface area (TPSA) is 67.8 Å². The van der Waals surface area contributed by atoms with Crippen LogP contribution < -0.4 is 5.73 Å². The molecule has 21 heavy (non-hydrogen) atoms. The van der Waals surface area contributed by atoms with E-state index < -0.39 is 20.0 Å². The van der Waals surface area contributed by atoms with Crippen molar-refractivity contribution < 1.29 is 8.60 Å². The van der Waals surface area contributed by atoms with E-state index in [-0.39, 0.29) is 17.4 Å². The first-order chi connectivity index (χ1) is 9.56. The Hall–Kier alpha value is -0.700. The van der Waals surface area contributed by atoms with Crippen LogP contribution in [0.15, 0.2) is 27.6 Å². The van der Waals surface area contributed by atoms with Crippen LogP contribution in [0.3, 0.4) is 0 Å². The Morgan fingerprint density at radius 2 is 2.05 bits per heavy atom. The highest BCUT2D eigenvalue weighted by atomic mass is 127. The summed E-state index contributed by atoms with van der Waals surface area (Å²) in [4.78, 5) is 4.49. The van der Waals surface area contributed by atoms with Crippen LogP contribution in [0.4, 0.5) is 4.39 Å². The lowest BCUT2D eigenvalue weighted by atomic mass is 9.93. The monoisotopic (exact) mass is 423 g/mol. The van der Waals surface area contributed by atoms with Crippen molar-refractivity contribution in [3.8, 4) is 0 Å². The standard InChI is InChI=1S/C14H19FIN3OS/c1-13(2)12(17)19-14(3,8-21(13,20)18-4)10-7-9(16)5-6-11(10)15/h5-7H,8H2,1-4H3,(H2,17,19)/t14-,21?/m0/s1. The summed E-state index contributed by atoms with van der Waals surface area (Å²) in [5, 5.41) is 0. The van der Waals surface area contributed by atoms with Gasteiger partial charge in [-0.05, 0) is 61.6 Å². The maximum atomic E-state index is 14.2. The van der Waals surface area contributed by atoms with Crippen molar-refractivity contribution in [1.29, 1.82) is 0 Å². The molecule has 2 atom stereocenters. The van der Waals surface area contributed by atoms with Gasteiger partial charge in [0.15, 0.2) is 0 Å². The van der Waals surface area contributed by atoms with Gasteiger partial charge in [-0.3, -0.25) is 4.99 Å². The Labute approximate surface area is 138 Å². The molecule has 1 aliphatic rings. The smallest absolute Gasteiger partial charge is 0.128 e. The van der Waals surface area contributed by atoms with Crippen LogP contribution >= 0.6 is 22.6 Å². The van der Waals surface area contributed by atoms with Gasteiger partial charge in [0.25, 0.3) is 0 Å². The molecule has 116 valence electrons. The summed E-state index contributed by atoms with van der Waals surface area (Å²) in [5.74, 6) is 0.0402. The lowest BCUT2D eigenvalue weighted by molar-refractivity contribution is 0.491. The zero-order valence-electron chi connectivity index (χ0n) is 12.5. The minimum Gasteiger partial charge on any atom is -0.386 e. The predicted octanol–water partition coefficient (Wildman–Crippen LogP) is 2.89. The Morgan fingerprint density at radius 3 is 2.62 bits per heavy atom. The number of amidine groups is 1. The lowest BCUT2D eigenvalue weighted by Crippen LogP contribution is -2.54. The van der Waals surface area contributed by atoms with Crippen molar-refractivity contribution >= 4 is 38.2 Å². The van der Waals surface area contributed by atoms with Crippen molar-refractivity contribution in [3.63, 3.8) is 0 Å². The number of aliphatic imine (C=N–C) groups is 1. The second-order valence-corrected chi connectivity index (χ2v) is 10.1. The van der Waals surface area contributed by atoms with Crippen LogP contribution in [0.25, 0.3) is 0 Å². The molecule has 7 heteroatoms. The molecule has 0 fully saturated rings. The number of halogens is 2. The molecule has 0 aliphatic carbocycles. The van der Waals surface area contributed by atoms with Crippen LogP contribution in [0.2, 0.25) is 0 Å². The second-order valence-electron chi connectivity index (χ2n) is 5.87. The number of hydrogen-bond donors (Lipinski definition) is 1. The molecular weight excluding hydrogens is 404 g/mol. The van der Waals surface area contributed by atoms with Crippen molar-refractivity contribution in [3.05, 3.63) is 33.1 Å². The van der Waals surface area contributed by atoms with Gasteiger partial charge in [-0.2, -0.15) is 0 Å². The van der Waals surface area contributed by atoms with Gasteiger partial charge in [0.1, 0.15) is 21.9 Å².